The van der Waals surface area contributed by atoms with Crippen molar-refractivity contribution in [3.8, 4) is 0 Å². The minimum Gasteiger partial charge on any atom is -0.481 e. The summed E-state index contributed by atoms with van der Waals surface area (Å²) in [5.74, 6) is -1.69. The molecule has 0 unspecified atom stereocenters. The van der Waals surface area contributed by atoms with Gasteiger partial charge in [-0.05, 0) is 67.8 Å². The lowest BCUT2D eigenvalue weighted by molar-refractivity contribution is -0.308. The average molecular weight is 620 g/mol. The number of alkyl halides is 9. The topological polar surface area (TPSA) is 73.3 Å². The molecule has 1 N–H and O–H groups in total. The molecule has 7 nitrogen and oxygen atoms in total. The molecule has 1 atom stereocenters. The van der Waals surface area contributed by atoms with Gasteiger partial charge in [0.2, 0.25) is 0 Å². The first kappa shape index (κ1) is 32.0. The van der Waals surface area contributed by atoms with Crippen LogP contribution in [-0.2, 0) is 22.3 Å². The van der Waals surface area contributed by atoms with Crippen molar-refractivity contribution in [2.24, 2.45) is 11.3 Å². The van der Waals surface area contributed by atoms with Gasteiger partial charge in [0.15, 0.2) is 0 Å². The molecule has 42 heavy (non-hydrogen) atoms. The second kappa shape index (κ2) is 11.6. The number of hydrogen-bond donors (Lipinski definition) is 1. The Morgan fingerprint density at radius 1 is 0.929 bits per heavy atom. The highest BCUT2D eigenvalue weighted by Gasteiger charge is 2.60. The summed E-state index contributed by atoms with van der Waals surface area (Å²) in [4.78, 5) is 27.9. The van der Waals surface area contributed by atoms with E-state index in [9.17, 15) is 54.2 Å². The summed E-state index contributed by atoms with van der Waals surface area (Å²) in [6.07, 6.45) is -20.1. The second-order valence-corrected chi connectivity index (χ2v) is 11.3. The summed E-state index contributed by atoms with van der Waals surface area (Å²) in [7, 11) is 0. The highest BCUT2D eigenvalue weighted by Crippen LogP contribution is 2.42. The number of carbonyl (C=O) groups is 2. The zero-order valence-corrected chi connectivity index (χ0v) is 22.3. The van der Waals surface area contributed by atoms with Crippen LogP contribution in [0.3, 0.4) is 0 Å². The molecule has 1 aromatic carbocycles. The van der Waals surface area contributed by atoms with Crippen LogP contribution >= 0.6 is 0 Å². The van der Waals surface area contributed by atoms with Gasteiger partial charge in [-0.15, -0.1) is 0 Å². The third kappa shape index (κ3) is 7.53. The van der Waals surface area contributed by atoms with Crippen molar-refractivity contribution in [2.45, 2.75) is 63.3 Å². The Kier molecular flexibility index (Phi) is 8.87. The summed E-state index contributed by atoms with van der Waals surface area (Å²) in [5.41, 5.74) is -0.608. The fraction of sp³-hybridized carbons (Fsp3) is 0.692. The first-order chi connectivity index (χ1) is 19.4. The predicted molar refractivity (Wildman–Crippen MR) is 130 cm³/mol. The van der Waals surface area contributed by atoms with E-state index in [4.69, 9.17) is 0 Å². The molecule has 16 heteroatoms. The van der Waals surface area contributed by atoms with Gasteiger partial charge in [0.05, 0.1) is 11.5 Å². The fourth-order valence-electron chi connectivity index (χ4n) is 6.01. The summed E-state index contributed by atoms with van der Waals surface area (Å²) >= 11 is 0. The number of rotatable bonds is 5. The molecule has 3 fully saturated rings. The van der Waals surface area contributed by atoms with Gasteiger partial charge in [0.25, 0.3) is 6.10 Å². The number of halogens is 9. The van der Waals surface area contributed by atoms with Gasteiger partial charge in [-0.25, -0.2) is 4.79 Å². The van der Waals surface area contributed by atoms with E-state index in [0.717, 1.165) is 17.0 Å². The van der Waals surface area contributed by atoms with Crippen molar-refractivity contribution in [3.05, 3.63) is 29.3 Å². The zero-order chi connectivity index (χ0) is 31.1. The molecule has 1 aromatic rings. The summed E-state index contributed by atoms with van der Waals surface area (Å²) in [6.45, 7) is 1.33. The van der Waals surface area contributed by atoms with E-state index >= 15 is 0 Å². The molecule has 0 aliphatic carbocycles. The molecule has 0 saturated carbocycles. The van der Waals surface area contributed by atoms with Crippen molar-refractivity contribution in [3.63, 3.8) is 0 Å². The van der Waals surface area contributed by atoms with Crippen molar-refractivity contribution < 1.29 is 58.9 Å². The van der Waals surface area contributed by atoms with E-state index < -0.39 is 53.6 Å². The van der Waals surface area contributed by atoms with Crippen LogP contribution in [-0.4, -0.2) is 84.7 Å². The first-order valence-electron chi connectivity index (χ1n) is 13.4. The molecule has 0 aromatic heterocycles. The monoisotopic (exact) mass is 619 g/mol. The smallest absolute Gasteiger partial charge is 0.434 e. The van der Waals surface area contributed by atoms with Crippen LogP contribution in [0.1, 0.15) is 43.2 Å². The van der Waals surface area contributed by atoms with Crippen molar-refractivity contribution in [1.29, 1.82) is 0 Å². The zero-order valence-electron chi connectivity index (χ0n) is 22.3. The number of carbonyl (C=O) groups excluding carboxylic acids is 1. The Hall–Kier alpha value is -2.91. The number of likely N-dealkylation sites (tertiary alicyclic amines) is 2. The van der Waals surface area contributed by atoms with E-state index in [1.807, 2.05) is 4.90 Å². The quantitative estimate of drug-likeness (QED) is 0.413. The third-order valence-corrected chi connectivity index (χ3v) is 8.26. The highest BCUT2D eigenvalue weighted by atomic mass is 19.4. The van der Waals surface area contributed by atoms with E-state index in [2.05, 4.69) is 4.74 Å². The molecule has 3 saturated heterocycles. The van der Waals surface area contributed by atoms with Gasteiger partial charge < -0.3 is 19.6 Å². The van der Waals surface area contributed by atoms with Crippen LogP contribution in [0, 0.1) is 11.3 Å². The van der Waals surface area contributed by atoms with Gasteiger partial charge in [0.1, 0.15) is 0 Å². The molecule has 3 aliphatic rings. The van der Waals surface area contributed by atoms with E-state index in [1.165, 1.54) is 0 Å². The van der Waals surface area contributed by atoms with Crippen LogP contribution in [0.5, 0.6) is 0 Å². The number of benzene rings is 1. The van der Waals surface area contributed by atoms with Crippen LogP contribution < -0.4 is 4.90 Å². The lowest BCUT2D eigenvalue weighted by Gasteiger charge is -2.39. The number of amides is 1. The lowest BCUT2D eigenvalue weighted by atomic mass is 9.78. The van der Waals surface area contributed by atoms with Crippen LogP contribution in [0.2, 0.25) is 0 Å². The second-order valence-electron chi connectivity index (χ2n) is 11.3. The maximum atomic E-state index is 13.7. The highest BCUT2D eigenvalue weighted by molar-refractivity contribution is 5.71. The van der Waals surface area contributed by atoms with Gasteiger partial charge in [-0.2, -0.15) is 39.5 Å². The summed E-state index contributed by atoms with van der Waals surface area (Å²) < 4.78 is 122. The molecule has 236 valence electrons. The Balaban J connectivity index is 1.40. The molecule has 0 bridgehead atoms. The van der Waals surface area contributed by atoms with Crippen molar-refractivity contribution in [2.75, 3.05) is 44.2 Å². The minimum atomic E-state index is -5.81. The SMILES string of the molecule is O=C(O)[C@@H]1CCCN(c2cc(CN3CCC4(CCN(C(=O)OC(C(F)(F)F)C(F)(F)F)CC4)C3)cc(C(F)(F)F)c2)C1. The summed E-state index contributed by atoms with van der Waals surface area (Å²) in [5, 5.41) is 9.37. The van der Waals surface area contributed by atoms with E-state index in [1.54, 1.807) is 11.0 Å². The minimum absolute atomic E-state index is 0.0918. The Bertz CT molecular complexity index is 1130. The number of anilines is 1. The number of hydrogen-bond acceptors (Lipinski definition) is 5. The predicted octanol–water partition coefficient (Wildman–Crippen LogP) is 5.92. The summed E-state index contributed by atoms with van der Waals surface area (Å²) in [6, 6.07) is 3.67. The number of ether oxygens (including phenoxy) is 1. The molecule has 4 rings (SSSR count). The molecule has 0 radical (unpaired) electrons. The normalized spacial score (nSPS) is 22.2. The molecule has 3 heterocycles. The maximum absolute atomic E-state index is 13.7. The Morgan fingerprint density at radius 2 is 1.55 bits per heavy atom. The molecular weight excluding hydrogens is 589 g/mol. The number of aliphatic carboxylic acids is 1. The third-order valence-electron chi connectivity index (χ3n) is 8.26. The van der Waals surface area contributed by atoms with Crippen molar-refractivity contribution in [1.82, 2.24) is 9.80 Å². The Labute approximate surface area is 235 Å². The number of piperidine rings is 2. The number of carboxylic acids is 1. The Morgan fingerprint density at radius 3 is 2.12 bits per heavy atom. The largest absolute Gasteiger partial charge is 0.481 e. The maximum Gasteiger partial charge on any atom is 0.434 e. The van der Waals surface area contributed by atoms with Gasteiger partial charge in [-0.3, -0.25) is 9.69 Å². The number of carboxylic acid groups (broad SMARTS) is 1. The van der Waals surface area contributed by atoms with Gasteiger partial charge >= 0.3 is 30.6 Å². The average Bonchev–Trinajstić information content (AvgIpc) is 3.27. The van der Waals surface area contributed by atoms with Crippen molar-refractivity contribution >= 4 is 17.7 Å². The van der Waals surface area contributed by atoms with Crippen LogP contribution in [0.25, 0.3) is 0 Å². The van der Waals surface area contributed by atoms with E-state index in [-0.39, 0.29) is 44.7 Å². The van der Waals surface area contributed by atoms with Crippen LogP contribution in [0.15, 0.2) is 18.2 Å². The molecule has 1 spiro atoms. The first-order valence-corrected chi connectivity index (χ1v) is 13.4. The van der Waals surface area contributed by atoms with Crippen LogP contribution in [0.4, 0.5) is 50.0 Å². The standard InChI is InChI=1S/C26H30F9N3O4/c27-24(28,29)18-10-16(11-19(12-18)38-6-1-2-17(14-38)20(39)40)13-36-7-3-23(15-36)4-8-37(9-5-23)22(41)42-21(25(30,31)32)26(33,34)35/h10-12,17,21H,1-9,13-15H2,(H,39,40)/t17-/m1/s1. The van der Waals surface area contributed by atoms with Gasteiger partial charge in [-0.1, -0.05) is 0 Å². The lowest BCUT2D eigenvalue weighted by Crippen LogP contribution is -2.50. The van der Waals surface area contributed by atoms with E-state index in [0.29, 0.717) is 44.5 Å². The van der Waals surface area contributed by atoms with Gasteiger partial charge in [0, 0.05) is 45.0 Å². The fourth-order valence-corrected chi connectivity index (χ4v) is 6.01. The molecule has 3 aliphatic heterocycles. The number of nitrogens with zero attached hydrogens (tertiary/aromatic N) is 3. The molecule has 1 amide bonds. The molecular formula is C26H30F9N3O4.